The molecule has 0 bridgehead atoms. The molecule has 1 fully saturated rings. The smallest absolute Gasteiger partial charge is 0.204 e. The van der Waals surface area contributed by atoms with Crippen molar-refractivity contribution in [2.45, 2.75) is 39.4 Å². The zero-order chi connectivity index (χ0) is 14.5. The van der Waals surface area contributed by atoms with E-state index < -0.39 is 0 Å². The second-order valence-corrected chi connectivity index (χ2v) is 5.17. The molecule has 1 aliphatic rings. The predicted octanol–water partition coefficient (Wildman–Crippen LogP) is 1.92. The Bertz CT molecular complexity index is 431. The second-order valence-electron chi connectivity index (χ2n) is 5.17. The highest BCUT2D eigenvalue weighted by Gasteiger charge is 2.26. The molecule has 6 heteroatoms. The van der Waals surface area contributed by atoms with Gasteiger partial charge in [0.05, 0.1) is 19.3 Å². The molecule has 20 heavy (non-hydrogen) atoms. The number of rotatable bonds is 5. The Morgan fingerprint density at radius 2 is 2.05 bits per heavy atom. The highest BCUT2D eigenvalue weighted by Crippen LogP contribution is 2.33. The number of ether oxygens (including phenoxy) is 2. The number of methoxy groups -OCH3 is 1. The maximum atomic E-state index is 5.76. The van der Waals surface area contributed by atoms with Crippen LogP contribution in [0.2, 0.25) is 0 Å². The number of hydrogen-bond acceptors (Lipinski definition) is 6. The van der Waals surface area contributed by atoms with E-state index >= 15 is 0 Å². The molecule has 0 amide bonds. The van der Waals surface area contributed by atoms with Crippen molar-refractivity contribution in [3.63, 3.8) is 0 Å². The highest BCUT2D eigenvalue weighted by atomic mass is 16.5. The van der Waals surface area contributed by atoms with Gasteiger partial charge in [-0.1, -0.05) is 6.92 Å². The Morgan fingerprint density at radius 1 is 1.35 bits per heavy atom. The van der Waals surface area contributed by atoms with E-state index in [1.165, 1.54) is 0 Å². The molecule has 0 unspecified atom stereocenters. The fourth-order valence-corrected chi connectivity index (χ4v) is 2.50. The van der Waals surface area contributed by atoms with E-state index in [1.54, 1.807) is 13.4 Å². The van der Waals surface area contributed by atoms with E-state index in [0.29, 0.717) is 5.75 Å². The van der Waals surface area contributed by atoms with Crippen LogP contribution in [0.5, 0.6) is 5.75 Å². The SMILES string of the molecule is CCCNc1ncnc(N2C[C@@H](C)O[C@@H](C)C2)c1OC. The Balaban J connectivity index is 2.25. The zero-order valence-electron chi connectivity index (χ0n) is 12.7. The van der Waals surface area contributed by atoms with Gasteiger partial charge in [-0.15, -0.1) is 0 Å². The molecule has 6 nitrogen and oxygen atoms in total. The Morgan fingerprint density at radius 3 is 2.65 bits per heavy atom. The van der Waals surface area contributed by atoms with E-state index in [1.807, 2.05) is 0 Å². The standard InChI is InChI=1S/C14H24N4O2/c1-5-6-15-13-12(19-4)14(17-9-16-13)18-7-10(2)20-11(3)8-18/h9-11H,5-8H2,1-4H3,(H,15,16,17)/t10-,11+. The molecule has 112 valence electrons. The number of aromatic nitrogens is 2. The van der Waals surface area contributed by atoms with Crippen LogP contribution < -0.4 is 15.0 Å². The van der Waals surface area contributed by atoms with Gasteiger partial charge in [-0.2, -0.15) is 0 Å². The van der Waals surface area contributed by atoms with Crippen molar-refractivity contribution < 1.29 is 9.47 Å². The summed E-state index contributed by atoms with van der Waals surface area (Å²) in [6.07, 6.45) is 2.99. The van der Waals surface area contributed by atoms with Gasteiger partial charge in [0.1, 0.15) is 6.33 Å². The van der Waals surface area contributed by atoms with Crippen LogP contribution >= 0.6 is 0 Å². The predicted molar refractivity (Wildman–Crippen MR) is 79.6 cm³/mol. The molecular weight excluding hydrogens is 256 g/mol. The first kappa shape index (κ1) is 14.8. The number of anilines is 2. The van der Waals surface area contributed by atoms with Gasteiger partial charge in [-0.25, -0.2) is 9.97 Å². The molecule has 0 spiro atoms. The summed E-state index contributed by atoms with van der Waals surface area (Å²) in [5.41, 5.74) is 0. The molecular formula is C14H24N4O2. The largest absolute Gasteiger partial charge is 0.490 e. The van der Waals surface area contributed by atoms with Crippen molar-refractivity contribution in [3.8, 4) is 5.75 Å². The lowest BCUT2D eigenvalue weighted by atomic mass is 10.2. The molecule has 1 aromatic heterocycles. The molecule has 0 saturated carbocycles. The van der Waals surface area contributed by atoms with Crippen LogP contribution in [0.15, 0.2) is 6.33 Å². The monoisotopic (exact) mass is 280 g/mol. The van der Waals surface area contributed by atoms with E-state index in [-0.39, 0.29) is 12.2 Å². The molecule has 1 saturated heterocycles. The average Bonchev–Trinajstić information content (AvgIpc) is 2.43. The lowest BCUT2D eigenvalue weighted by Gasteiger charge is -2.36. The third-order valence-electron chi connectivity index (χ3n) is 3.25. The molecule has 2 rings (SSSR count). The van der Waals surface area contributed by atoms with Gasteiger partial charge >= 0.3 is 0 Å². The van der Waals surface area contributed by atoms with Crippen LogP contribution in [0.1, 0.15) is 27.2 Å². The Labute approximate surface area is 120 Å². The molecule has 1 N–H and O–H groups in total. The van der Waals surface area contributed by atoms with Gasteiger partial charge in [0, 0.05) is 19.6 Å². The third kappa shape index (κ3) is 3.30. The lowest BCUT2D eigenvalue weighted by Crippen LogP contribution is -2.46. The molecule has 1 aromatic rings. The summed E-state index contributed by atoms with van der Waals surface area (Å²) in [7, 11) is 1.66. The summed E-state index contributed by atoms with van der Waals surface area (Å²) >= 11 is 0. The quantitative estimate of drug-likeness (QED) is 0.889. The summed E-state index contributed by atoms with van der Waals surface area (Å²) in [6.45, 7) is 8.75. The molecule has 0 radical (unpaired) electrons. The van der Waals surface area contributed by atoms with Crippen molar-refractivity contribution in [2.24, 2.45) is 0 Å². The van der Waals surface area contributed by atoms with E-state index in [9.17, 15) is 0 Å². The second kappa shape index (κ2) is 6.74. The first-order chi connectivity index (χ1) is 9.65. The topological polar surface area (TPSA) is 59.5 Å². The fraction of sp³-hybridized carbons (Fsp3) is 0.714. The van der Waals surface area contributed by atoms with Gasteiger partial charge in [-0.05, 0) is 20.3 Å². The Hall–Kier alpha value is -1.56. The maximum Gasteiger partial charge on any atom is 0.204 e. The molecule has 2 atom stereocenters. The van der Waals surface area contributed by atoms with E-state index in [0.717, 1.165) is 37.7 Å². The van der Waals surface area contributed by atoms with E-state index in [2.05, 4.69) is 41.0 Å². The molecule has 0 aromatic carbocycles. The summed E-state index contributed by atoms with van der Waals surface area (Å²) in [5.74, 6) is 2.30. The molecule has 1 aliphatic heterocycles. The summed E-state index contributed by atoms with van der Waals surface area (Å²) in [4.78, 5) is 10.9. The van der Waals surface area contributed by atoms with Crippen LogP contribution in [-0.2, 0) is 4.74 Å². The van der Waals surface area contributed by atoms with Crippen LogP contribution in [0.25, 0.3) is 0 Å². The summed E-state index contributed by atoms with van der Waals surface area (Å²) < 4.78 is 11.3. The minimum absolute atomic E-state index is 0.186. The third-order valence-corrected chi connectivity index (χ3v) is 3.25. The maximum absolute atomic E-state index is 5.76. The van der Waals surface area contributed by atoms with Crippen molar-refractivity contribution in [1.82, 2.24) is 9.97 Å². The van der Waals surface area contributed by atoms with Gasteiger partial charge in [0.15, 0.2) is 11.6 Å². The fourth-order valence-electron chi connectivity index (χ4n) is 2.50. The van der Waals surface area contributed by atoms with E-state index in [4.69, 9.17) is 9.47 Å². The molecule has 0 aliphatic carbocycles. The number of nitrogens with one attached hydrogen (secondary N) is 1. The average molecular weight is 280 g/mol. The van der Waals surface area contributed by atoms with Crippen molar-refractivity contribution in [2.75, 3.05) is 37.0 Å². The van der Waals surface area contributed by atoms with Crippen LogP contribution in [0.3, 0.4) is 0 Å². The number of nitrogens with zero attached hydrogens (tertiary/aromatic N) is 3. The first-order valence-electron chi connectivity index (χ1n) is 7.19. The van der Waals surface area contributed by atoms with Crippen LogP contribution in [0.4, 0.5) is 11.6 Å². The summed E-state index contributed by atoms with van der Waals surface area (Å²) in [6, 6.07) is 0. The Kier molecular flexibility index (Phi) is 5.00. The zero-order valence-corrected chi connectivity index (χ0v) is 12.7. The van der Waals surface area contributed by atoms with Gasteiger partial charge < -0.3 is 19.7 Å². The minimum Gasteiger partial charge on any atom is -0.490 e. The normalized spacial score (nSPS) is 22.7. The minimum atomic E-state index is 0.186. The summed E-state index contributed by atoms with van der Waals surface area (Å²) in [5, 5.41) is 3.28. The van der Waals surface area contributed by atoms with Gasteiger partial charge in [0.25, 0.3) is 0 Å². The number of morpholine rings is 1. The lowest BCUT2D eigenvalue weighted by molar-refractivity contribution is -0.00558. The van der Waals surface area contributed by atoms with Crippen LogP contribution in [0, 0.1) is 0 Å². The number of hydrogen-bond donors (Lipinski definition) is 1. The van der Waals surface area contributed by atoms with Crippen LogP contribution in [-0.4, -0.2) is 48.9 Å². The first-order valence-corrected chi connectivity index (χ1v) is 7.19. The van der Waals surface area contributed by atoms with Crippen molar-refractivity contribution in [3.05, 3.63) is 6.33 Å². The van der Waals surface area contributed by atoms with Crippen molar-refractivity contribution in [1.29, 1.82) is 0 Å². The van der Waals surface area contributed by atoms with Crippen molar-refractivity contribution >= 4 is 11.6 Å². The van der Waals surface area contributed by atoms with Gasteiger partial charge in [0.2, 0.25) is 5.75 Å². The van der Waals surface area contributed by atoms with Gasteiger partial charge in [-0.3, -0.25) is 0 Å². The molecule has 2 heterocycles. The highest BCUT2D eigenvalue weighted by molar-refractivity contribution is 5.65.